The zero-order valence-corrected chi connectivity index (χ0v) is 18.2. The summed E-state index contributed by atoms with van der Waals surface area (Å²) in [5.74, 6) is 0.0598. The molecule has 2 bridgehead atoms. The van der Waals surface area contributed by atoms with Gasteiger partial charge in [-0.3, -0.25) is 19.7 Å². The van der Waals surface area contributed by atoms with Gasteiger partial charge in [0.05, 0.1) is 0 Å². The van der Waals surface area contributed by atoms with Gasteiger partial charge in [0, 0.05) is 43.2 Å². The molecule has 3 N–H and O–H groups in total. The minimum absolute atomic E-state index is 0.107. The van der Waals surface area contributed by atoms with Gasteiger partial charge in [-0.1, -0.05) is 12.1 Å². The number of imide groups is 1. The Morgan fingerprint density at radius 3 is 2.65 bits per heavy atom. The summed E-state index contributed by atoms with van der Waals surface area (Å²) in [4.78, 5) is 38.4. The van der Waals surface area contributed by atoms with Crippen LogP contribution in [0.3, 0.4) is 0 Å². The van der Waals surface area contributed by atoms with E-state index in [9.17, 15) is 14.4 Å². The fraction of sp³-hybridized carbons (Fsp3) is 0.625. The number of carbonyl (C=O) groups is 3. The molecule has 4 aliphatic rings. The Morgan fingerprint density at radius 2 is 1.90 bits per heavy atom. The van der Waals surface area contributed by atoms with E-state index >= 15 is 0 Å². The molecule has 3 amide bonds. The molecule has 7 nitrogen and oxygen atoms in total. The third kappa shape index (κ3) is 4.13. The standard InChI is InChI=1S/C24H32N4O3/c1-14(9-15-10-17-5-6-18(11-15)26-17)25-12-16-3-2-4-19-20(16)13-28(24(19)31)21-7-8-22(29)27-23(21)30/h2-4,14-15,17-18,21,25-26H,5-13H2,1H3,(H,27,29,30). The smallest absolute Gasteiger partial charge is 0.255 e. The number of piperidine rings is 2. The molecular weight excluding hydrogens is 392 g/mol. The number of benzene rings is 1. The van der Waals surface area contributed by atoms with Crippen molar-refractivity contribution >= 4 is 17.7 Å². The van der Waals surface area contributed by atoms with Crippen molar-refractivity contribution in [3.8, 4) is 0 Å². The first-order valence-corrected chi connectivity index (χ1v) is 11.7. The third-order valence-corrected chi connectivity index (χ3v) is 7.58. The number of nitrogens with one attached hydrogen (secondary N) is 3. The number of rotatable bonds is 6. The van der Waals surface area contributed by atoms with Crippen LogP contribution in [0, 0.1) is 5.92 Å². The molecule has 5 rings (SSSR count). The fourth-order valence-electron chi connectivity index (χ4n) is 6.05. The zero-order valence-electron chi connectivity index (χ0n) is 18.2. The number of hydrogen-bond acceptors (Lipinski definition) is 5. The quantitative estimate of drug-likeness (QED) is 0.607. The molecule has 7 heteroatoms. The molecule has 4 atom stereocenters. The maximum atomic E-state index is 13.0. The van der Waals surface area contributed by atoms with Gasteiger partial charge in [0.2, 0.25) is 11.8 Å². The summed E-state index contributed by atoms with van der Waals surface area (Å²) >= 11 is 0. The molecule has 4 unspecified atom stereocenters. The fourth-order valence-corrected chi connectivity index (χ4v) is 6.05. The Kier molecular flexibility index (Phi) is 5.56. The predicted octanol–water partition coefficient (Wildman–Crippen LogP) is 1.85. The van der Waals surface area contributed by atoms with Crippen LogP contribution in [0.4, 0.5) is 0 Å². The van der Waals surface area contributed by atoms with Gasteiger partial charge in [-0.05, 0) is 68.6 Å². The number of nitrogens with zero attached hydrogens (tertiary/aromatic N) is 1. The zero-order chi connectivity index (χ0) is 21.5. The molecule has 1 aromatic rings. The minimum atomic E-state index is -0.562. The van der Waals surface area contributed by atoms with Crippen LogP contribution in [0.1, 0.15) is 73.4 Å². The molecule has 0 aliphatic carbocycles. The first-order valence-electron chi connectivity index (χ1n) is 11.7. The van der Waals surface area contributed by atoms with Crippen molar-refractivity contribution in [1.29, 1.82) is 0 Å². The molecule has 3 fully saturated rings. The van der Waals surface area contributed by atoms with Crippen molar-refractivity contribution in [2.45, 2.75) is 89.1 Å². The Bertz CT molecular complexity index is 889. The molecule has 4 aliphatic heterocycles. The molecule has 0 spiro atoms. The van der Waals surface area contributed by atoms with Crippen molar-refractivity contribution in [2.75, 3.05) is 0 Å². The minimum Gasteiger partial charge on any atom is -0.322 e. The normalized spacial score (nSPS) is 31.0. The van der Waals surface area contributed by atoms with Crippen LogP contribution in [0.25, 0.3) is 0 Å². The molecule has 166 valence electrons. The Hall–Kier alpha value is -2.25. The van der Waals surface area contributed by atoms with Crippen LogP contribution < -0.4 is 16.0 Å². The van der Waals surface area contributed by atoms with Crippen LogP contribution >= 0.6 is 0 Å². The molecule has 0 radical (unpaired) electrons. The lowest BCUT2D eigenvalue weighted by Gasteiger charge is -2.31. The summed E-state index contributed by atoms with van der Waals surface area (Å²) in [6.45, 7) is 3.41. The molecule has 1 aromatic carbocycles. The van der Waals surface area contributed by atoms with Crippen molar-refractivity contribution < 1.29 is 14.4 Å². The molecular formula is C24H32N4O3. The lowest BCUT2D eigenvalue weighted by molar-refractivity contribution is -0.136. The van der Waals surface area contributed by atoms with E-state index in [0.29, 0.717) is 24.6 Å². The number of fused-ring (bicyclic) bond motifs is 3. The highest BCUT2D eigenvalue weighted by atomic mass is 16.2. The average molecular weight is 425 g/mol. The van der Waals surface area contributed by atoms with E-state index < -0.39 is 6.04 Å². The number of hydrogen-bond donors (Lipinski definition) is 3. The lowest BCUT2D eigenvalue weighted by Crippen LogP contribution is -2.52. The van der Waals surface area contributed by atoms with E-state index in [1.165, 1.54) is 32.1 Å². The maximum Gasteiger partial charge on any atom is 0.255 e. The second kappa shape index (κ2) is 8.36. The van der Waals surface area contributed by atoms with Gasteiger partial charge in [0.1, 0.15) is 6.04 Å². The molecule has 3 saturated heterocycles. The molecule has 31 heavy (non-hydrogen) atoms. The highest BCUT2D eigenvalue weighted by Crippen LogP contribution is 2.34. The van der Waals surface area contributed by atoms with Crippen molar-refractivity contribution in [3.05, 3.63) is 34.9 Å². The van der Waals surface area contributed by atoms with Crippen molar-refractivity contribution in [2.24, 2.45) is 5.92 Å². The summed E-state index contributed by atoms with van der Waals surface area (Å²) in [7, 11) is 0. The van der Waals surface area contributed by atoms with E-state index in [-0.39, 0.29) is 24.1 Å². The van der Waals surface area contributed by atoms with Gasteiger partial charge in [-0.2, -0.15) is 0 Å². The summed E-state index contributed by atoms with van der Waals surface area (Å²) in [5, 5.41) is 9.76. The lowest BCUT2D eigenvalue weighted by atomic mass is 9.87. The number of amides is 3. The van der Waals surface area contributed by atoms with Crippen LogP contribution in [-0.4, -0.2) is 46.8 Å². The van der Waals surface area contributed by atoms with Crippen molar-refractivity contribution in [3.63, 3.8) is 0 Å². The van der Waals surface area contributed by atoms with Crippen LogP contribution in [-0.2, 0) is 22.7 Å². The largest absolute Gasteiger partial charge is 0.322 e. The SMILES string of the molecule is CC(CC1CC2CCC(C1)N2)NCc1cccc2c1CN(C1CCC(=O)NC1=O)C2=O. The molecule has 0 saturated carbocycles. The summed E-state index contributed by atoms with van der Waals surface area (Å²) in [6.07, 6.45) is 7.10. The van der Waals surface area contributed by atoms with Gasteiger partial charge >= 0.3 is 0 Å². The topological polar surface area (TPSA) is 90.5 Å². The van der Waals surface area contributed by atoms with E-state index in [2.05, 4.69) is 28.9 Å². The average Bonchev–Trinajstić information content (AvgIpc) is 3.26. The highest BCUT2D eigenvalue weighted by Gasteiger charge is 2.40. The Labute approximate surface area is 183 Å². The summed E-state index contributed by atoms with van der Waals surface area (Å²) in [5.41, 5.74) is 2.82. The molecule has 4 heterocycles. The van der Waals surface area contributed by atoms with Gasteiger partial charge in [0.25, 0.3) is 5.91 Å². The second-order valence-corrected chi connectivity index (χ2v) is 9.84. The first kappa shape index (κ1) is 20.6. The number of carbonyl (C=O) groups excluding carboxylic acids is 3. The van der Waals surface area contributed by atoms with Gasteiger partial charge in [-0.15, -0.1) is 0 Å². The van der Waals surface area contributed by atoms with Crippen LogP contribution in [0.2, 0.25) is 0 Å². The van der Waals surface area contributed by atoms with E-state index in [0.717, 1.165) is 35.7 Å². The first-order chi connectivity index (χ1) is 15.0. The van der Waals surface area contributed by atoms with Gasteiger partial charge in [0.15, 0.2) is 0 Å². The van der Waals surface area contributed by atoms with Crippen LogP contribution in [0.15, 0.2) is 18.2 Å². The van der Waals surface area contributed by atoms with Gasteiger partial charge in [-0.25, -0.2) is 0 Å². The monoisotopic (exact) mass is 424 g/mol. The highest BCUT2D eigenvalue weighted by molar-refractivity contribution is 6.05. The second-order valence-electron chi connectivity index (χ2n) is 9.84. The van der Waals surface area contributed by atoms with Crippen LogP contribution in [0.5, 0.6) is 0 Å². The predicted molar refractivity (Wildman–Crippen MR) is 116 cm³/mol. The van der Waals surface area contributed by atoms with E-state index in [4.69, 9.17) is 0 Å². The maximum absolute atomic E-state index is 13.0. The summed E-state index contributed by atoms with van der Waals surface area (Å²) < 4.78 is 0. The van der Waals surface area contributed by atoms with Crippen molar-refractivity contribution in [1.82, 2.24) is 20.9 Å². The third-order valence-electron chi connectivity index (χ3n) is 7.58. The van der Waals surface area contributed by atoms with Gasteiger partial charge < -0.3 is 15.5 Å². The Morgan fingerprint density at radius 1 is 1.13 bits per heavy atom. The van der Waals surface area contributed by atoms with E-state index in [1.54, 1.807) is 4.90 Å². The summed E-state index contributed by atoms with van der Waals surface area (Å²) in [6, 6.07) is 7.15. The molecule has 0 aromatic heterocycles. The Balaban J connectivity index is 1.21. The van der Waals surface area contributed by atoms with E-state index in [1.807, 2.05) is 12.1 Å².